The van der Waals surface area contributed by atoms with Crippen molar-refractivity contribution in [2.24, 2.45) is 0 Å². The molecule has 0 aliphatic heterocycles. The molecule has 1 heterocycles. The molecular formula is C36H24O. The van der Waals surface area contributed by atoms with E-state index in [2.05, 4.69) is 115 Å². The van der Waals surface area contributed by atoms with Gasteiger partial charge in [0.2, 0.25) is 0 Å². The maximum absolute atomic E-state index is 6.51. The van der Waals surface area contributed by atoms with Crippen LogP contribution in [0.1, 0.15) is 23.1 Å². The Balaban J connectivity index is 1.50. The first-order chi connectivity index (χ1) is 18.4. The lowest BCUT2D eigenvalue weighted by Gasteiger charge is -2.22. The van der Waals surface area contributed by atoms with Gasteiger partial charge in [-0.15, -0.1) is 0 Å². The molecule has 37 heavy (non-hydrogen) atoms. The Kier molecular flexibility index (Phi) is 4.41. The highest BCUT2D eigenvalue weighted by molar-refractivity contribution is 6.23. The predicted octanol–water partition coefficient (Wildman–Crippen LogP) is 10.0. The summed E-state index contributed by atoms with van der Waals surface area (Å²) in [6, 6.07) is 41.5. The summed E-state index contributed by atoms with van der Waals surface area (Å²) >= 11 is 0. The number of rotatable bonds is 2. The molecule has 0 unspecified atom stereocenters. The van der Waals surface area contributed by atoms with Gasteiger partial charge in [0.15, 0.2) is 0 Å². The first kappa shape index (κ1) is 20.6. The highest BCUT2D eigenvalue weighted by atomic mass is 16.3. The SMILES string of the molecule is C1=C(c2c3ccccc3c(-c3cccc4c3oc3ccccc34)c3ccccc23)CCc2ccccc21. The van der Waals surface area contributed by atoms with Crippen molar-refractivity contribution in [3.05, 3.63) is 132 Å². The van der Waals surface area contributed by atoms with Crippen LogP contribution in [0.4, 0.5) is 0 Å². The van der Waals surface area contributed by atoms with Crippen LogP contribution < -0.4 is 0 Å². The van der Waals surface area contributed by atoms with Crippen LogP contribution in [0.3, 0.4) is 0 Å². The Labute approximate surface area is 215 Å². The van der Waals surface area contributed by atoms with Crippen LogP contribution in [0.25, 0.3) is 66.3 Å². The van der Waals surface area contributed by atoms with Crippen molar-refractivity contribution in [2.45, 2.75) is 12.8 Å². The number of para-hydroxylation sites is 2. The van der Waals surface area contributed by atoms with Crippen molar-refractivity contribution >= 4 is 55.1 Å². The molecular weight excluding hydrogens is 448 g/mol. The zero-order chi connectivity index (χ0) is 24.3. The summed E-state index contributed by atoms with van der Waals surface area (Å²) in [5.74, 6) is 0. The third-order valence-corrected chi connectivity index (χ3v) is 7.97. The lowest BCUT2D eigenvalue weighted by Crippen LogP contribution is -2.01. The smallest absolute Gasteiger partial charge is 0.143 e. The second-order valence-electron chi connectivity index (χ2n) is 9.99. The molecule has 0 radical (unpaired) electrons. The van der Waals surface area contributed by atoms with Crippen LogP contribution in [0, 0.1) is 0 Å². The molecule has 174 valence electrons. The number of hydrogen-bond acceptors (Lipinski definition) is 1. The summed E-state index contributed by atoms with van der Waals surface area (Å²) in [5.41, 5.74) is 9.84. The van der Waals surface area contributed by atoms with E-state index < -0.39 is 0 Å². The van der Waals surface area contributed by atoms with Gasteiger partial charge in [0.05, 0.1) is 0 Å². The van der Waals surface area contributed by atoms with Gasteiger partial charge in [-0.25, -0.2) is 0 Å². The Morgan fingerprint density at radius 2 is 1.05 bits per heavy atom. The van der Waals surface area contributed by atoms with Crippen molar-refractivity contribution < 1.29 is 4.42 Å². The molecule has 0 amide bonds. The molecule has 1 aliphatic carbocycles. The second-order valence-corrected chi connectivity index (χ2v) is 9.99. The molecule has 0 fully saturated rings. The summed E-state index contributed by atoms with van der Waals surface area (Å²) in [7, 11) is 0. The number of allylic oxidation sites excluding steroid dienone is 1. The zero-order valence-corrected chi connectivity index (χ0v) is 20.4. The van der Waals surface area contributed by atoms with Crippen LogP contribution in [0.15, 0.2) is 120 Å². The highest BCUT2D eigenvalue weighted by Gasteiger charge is 2.22. The normalized spacial score (nSPS) is 13.4. The van der Waals surface area contributed by atoms with Crippen molar-refractivity contribution in [3.8, 4) is 11.1 Å². The largest absolute Gasteiger partial charge is 0.455 e. The molecule has 1 aromatic heterocycles. The number of fused-ring (bicyclic) bond motifs is 6. The highest BCUT2D eigenvalue weighted by Crippen LogP contribution is 2.46. The second kappa shape index (κ2) is 7.94. The molecule has 0 bridgehead atoms. The van der Waals surface area contributed by atoms with E-state index in [1.165, 1.54) is 49.4 Å². The fraction of sp³-hybridized carbons (Fsp3) is 0.0556. The first-order valence-corrected chi connectivity index (χ1v) is 13.0. The van der Waals surface area contributed by atoms with Crippen LogP contribution >= 0.6 is 0 Å². The minimum Gasteiger partial charge on any atom is -0.455 e. The quantitative estimate of drug-likeness (QED) is 0.228. The van der Waals surface area contributed by atoms with E-state index in [1.807, 2.05) is 6.07 Å². The third kappa shape index (κ3) is 3.04. The van der Waals surface area contributed by atoms with Crippen LogP contribution in [-0.2, 0) is 6.42 Å². The van der Waals surface area contributed by atoms with Crippen molar-refractivity contribution in [1.29, 1.82) is 0 Å². The monoisotopic (exact) mass is 472 g/mol. The molecule has 1 nitrogen and oxygen atoms in total. The van der Waals surface area contributed by atoms with Gasteiger partial charge in [-0.1, -0.05) is 115 Å². The molecule has 8 rings (SSSR count). The fourth-order valence-electron chi connectivity index (χ4n) is 6.34. The van der Waals surface area contributed by atoms with Crippen LogP contribution in [0.2, 0.25) is 0 Å². The molecule has 7 aromatic rings. The molecule has 6 aromatic carbocycles. The fourth-order valence-corrected chi connectivity index (χ4v) is 6.34. The Hall–Kier alpha value is -4.62. The summed E-state index contributed by atoms with van der Waals surface area (Å²) in [5, 5.41) is 7.46. The molecule has 0 saturated carbocycles. The predicted molar refractivity (Wildman–Crippen MR) is 157 cm³/mol. The molecule has 0 N–H and O–H groups in total. The van der Waals surface area contributed by atoms with Gasteiger partial charge in [-0.3, -0.25) is 0 Å². The number of furan rings is 1. The van der Waals surface area contributed by atoms with E-state index in [9.17, 15) is 0 Å². The topological polar surface area (TPSA) is 13.1 Å². The number of aryl methyl sites for hydroxylation is 1. The molecule has 1 aliphatic rings. The minimum atomic E-state index is 0.932. The van der Waals surface area contributed by atoms with Crippen molar-refractivity contribution in [3.63, 3.8) is 0 Å². The van der Waals surface area contributed by atoms with Gasteiger partial charge in [0.25, 0.3) is 0 Å². The van der Waals surface area contributed by atoms with Gasteiger partial charge in [-0.2, -0.15) is 0 Å². The first-order valence-electron chi connectivity index (χ1n) is 13.0. The minimum absolute atomic E-state index is 0.932. The maximum atomic E-state index is 6.51. The molecule has 1 heteroatoms. The van der Waals surface area contributed by atoms with Crippen molar-refractivity contribution in [1.82, 2.24) is 0 Å². The van der Waals surface area contributed by atoms with Gasteiger partial charge < -0.3 is 4.42 Å². The van der Waals surface area contributed by atoms with E-state index in [0.29, 0.717) is 0 Å². The number of benzene rings is 6. The van der Waals surface area contributed by atoms with Crippen LogP contribution in [0.5, 0.6) is 0 Å². The van der Waals surface area contributed by atoms with Crippen molar-refractivity contribution in [2.75, 3.05) is 0 Å². The van der Waals surface area contributed by atoms with E-state index in [0.717, 1.165) is 40.3 Å². The third-order valence-electron chi connectivity index (χ3n) is 7.97. The zero-order valence-electron chi connectivity index (χ0n) is 20.4. The van der Waals surface area contributed by atoms with E-state index in [-0.39, 0.29) is 0 Å². The Morgan fingerprint density at radius 3 is 1.81 bits per heavy atom. The van der Waals surface area contributed by atoms with Gasteiger partial charge in [0, 0.05) is 21.9 Å². The molecule has 0 saturated heterocycles. The Bertz CT molecular complexity index is 1980. The number of hydrogen-bond donors (Lipinski definition) is 0. The molecule has 0 spiro atoms. The van der Waals surface area contributed by atoms with Gasteiger partial charge >= 0.3 is 0 Å². The lowest BCUT2D eigenvalue weighted by atomic mass is 9.81. The lowest BCUT2D eigenvalue weighted by molar-refractivity contribution is 0.670. The summed E-state index contributed by atoms with van der Waals surface area (Å²) in [6.07, 6.45) is 4.53. The van der Waals surface area contributed by atoms with E-state index in [1.54, 1.807) is 0 Å². The van der Waals surface area contributed by atoms with E-state index in [4.69, 9.17) is 4.42 Å². The van der Waals surface area contributed by atoms with Gasteiger partial charge in [0.1, 0.15) is 11.2 Å². The molecule has 0 atom stereocenters. The maximum Gasteiger partial charge on any atom is 0.143 e. The average molecular weight is 473 g/mol. The summed E-state index contributed by atoms with van der Waals surface area (Å²) in [4.78, 5) is 0. The van der Waals surface area contributed by atoms with Gasteiger partial charge in [-0.05, 0) is 62.7 Å². The van der Waals surface area contributed by atoms with Crippen LogP contribution in [-0.4, -0.2) is 0 Å². The summed E-state index contributed by atoms with van der Waals surface area (Å²) in [6.45, 7) is 0. The standard InChI is InChI=1S/C36H24O/c1-2-11-24-22-25(21-20-23(24)10-1)34-27-13-3-5-15-29(27)35(30-16-6-4-14-28(30)34)32-18-9-17-31-26-12-7-8-19-33(26)37-36(31)32/h1-19,22H,20-21H2. The summed E-state index contributed by atoms with van der Waals surface area (Å²) < 4.78 is 6.51. The Morgan fingerprint density at radius 1 is 0.459 bits per heavy atom. The van der Waals surface area contributed by atoms with E-state index >= 15 is 0 Å². The average Bonchev–Trinajstić information content (AvgIpc) is 3.35.